The van der Waals surface area contributed by atoms with E-state index in [2.05, 4.69) is 5.32 Å². The molecule has 1 aromatic rings. The molecule has 7 nitrogen and oxygen atoms in total. The highest BCUT2D eigenvalue weighted by Crippen LogP contribution is 2.24. The predicted molar refractivity (Wildman–Crippen MR) is 77.2 cm³/mol. The second kappa shape index (κ2) is 8.21. The maximum Gasteiger partial charge on any atom is 0.344 e. The average molecular weight is 296 g/mol. The van der Waals surface area contributed by atoms with Crippen molar-refractivity contribution in [3.8, 4) is 5.75 Å². The van der Waals surface area contributed by atoms with E-state index in [1.807, 2.05) is 13.8 Å². The number of nitro groups is 1. The van der Waals surface area contributed by atoms with Crippen LogP contribution in [0.25, 0.3) is 0 Å². The van der Waals surface area contributed by atoms with Gasteiger partial charge in [-0.2, -0.15) is 0 Å². The molecule has 1 aromatic carbocycles. The number of benzene rings is 1. The zero-order valence-electron chi connectivity index (χ0n) is 12.4. The summed E-state index contributed by atoms with van der Waals surface area (Å²) >= 11 is 0. The Labute approximate surface area is 123 Å². The van der Waals surface area contributed by atoms with Crippen LogP contribution in [0.4, 0.5) is 5.69 Å². The number of esters is 1. The number of hydrogen-bond acceptors (Lipinski definition) is 6. The van der Waals surface area contributed by atoms with E-state index in [-0.39, 0.29) is 24.9 Å². The monoisotopic (exact) mass is 296 g/mol. The molecule has 0 spiro atoms. The molecule has 0 aliphatic rings. The molecule has 0 saturated carbocycles. The van der Waals surface area contributed by atoms with Crippen molar-refractivity contribution in [1.82, 2.24) is 5.32 Å². The summed E-state index contributed by atoms with van der Waals surface area (Å²) < 4.78 is 10.2. The lowest BCUT2D eigenvalue weighted by Gasteiger charge is -2.13. The molecule has 116 valence electrons. The normalized spacial score (nSPS) is 10.5. The van der Waals surface area contributed by atoms with E-state index < -0.39 is 10.9 Å². The van der Waals surface area contributed by atoms with Crippen LogP contribution in [0.2, 0.25) is 0 Å². The predicted octanol–water partition coefficient (Wildman–Crippen LogP) is 2.03. The molecule has 7 heteroatoms. The summed E-state index contributed by atoms with van der Waals surface area (Å²) in [6.45, 7) is 6.12. The largest absolute Gasteiger partial charge is 0.482 e. The Bertz CT molecular complexity index is 502. The van der Waals surface area contributed by atoms with Crippen LogP contribution in [0.15, 0.2) is 18.2 Å². The molecule has 0 atom stereocenters. The molecule has 0 saturated heterocycles. The maximum atomic E-state index is 11.3. The molecule has 0 aliphatic heterocycles. The summed E-state index contributed by atoms with van der Waals surface area (Å²) in [7, 11) is 0. The number of carbonyl (C=O) groups is 1. The van der Waals surface area contributed by atoms with Gasteiger partial charge in [0.2, 0.25) is 0 Å². The maximum absolute atomic E-state index is 11.3. The van der Waals surface area contributed by atoms with Gasteiger partial charge in [0.15, 0.2) is 6.61 Å². The summed E-state index contributed by atoms with van der Waals surface area (Å²) in [6, 6.07) is 4.51. The SMILES string of the molecule is CCOC(=O)COc1ccc([N+](=O)[O-])cc1CNC(C)C. The van der Waals surface area contributed by atoms with Crippen LogP contribution < -0.4 is 10.1 Å². The Morgan fingerprint density at radius 3 is 2.71 bits per heavy atom. The van der Waals surface area contributed by atoms with Crippen molar-refractivity contribution in [2.24, 2.45) is 0 Å². The molecule has 0 heterocycles. The minimum absolute atomic E-state index is 0.0148. The number of non-ortho nitro benzene ring substituents is 1. The highest BCUT2D eigenvalue weighted by Gasteiger charge is 2.13. The van der Waals surface area contributed by atoms with Gasteiger partial charge in [-0.3, -0.25) is 10.1 Å². The van der Waals surface area contributed by atoms with E-state index in [0.717, 1.165) is 0 Å². The Balaban J connectivity index is 2.84. The van der Waals surface area contributed by atoms with E-state index in [0.29, 0.717) is 17.9 Å². The third-order valence-electron chi connectivity index (χ3n) is 2.61. The van der Waals surface area contributed by atoms with Gasteiger partial charge in [0.1, 0.15) is 5.75 Å². The molecule has 1 N–H and O–H groups in total. The smallest absolute Gasteiger partial charge is 0.344 e. The molecule has 0 fully saturated rings. The van der Waals surface area contributed by atoms with Gasteiger partial charge in [0, 0.05) is 30.3 Å². The Morgan fingerprint density at radius 1 is 1.43 bits per heavy atom. The highest BCUT2D eigenvalue weighted by molar-refractivity contribution is 5.71. The fourth-order valence-electron chi connectivity index (χ4n) is 1.61. The lowest BCUT2D eigenvalue weighted by molar-refractivity contribution is -0.384. The van der Waals surface area contributed by atoms with Gasteiger partial charge in [0.05, 0.1) is 11.5 Å². The van der Waals surface area contributed by atoms with Gasteiger partial charge in [-0.05, 0) is 13.0 Å². The van der Waals surface area contributed by atoms with Crippen LogP contribution in [0, 0.1) is 10.1 Å². The number of carbonyl (C=O) groups excluding carboxylic acids is 1. The van der Waals surface area contributed by atoms with Gasteiger partial charge < -0.3 is 14.8 Å². The van der Waals surface area contributed by atoms with Gasteiger partial charge in [-0.25, -0.2) is 4.79 Å². The lowest BCUT2D eigenvalue weighted by atomic mass is 10.1. The van der Waals surface area contributed by atoms with Gasteiger partial charge in [-0.15, -0.1) is 0 Å². The molecular weight excluding hydrogens is 276 g/mol. The minimum Gasteiger partial charge on any atom is -0.482 e. The zero-order valence-corrected chi connectivity index (χ0v) is 12.4. The van der Waals surface area contributed by atoms with Crippen molar-refractivity contribution in [2.75, 3.05) is 13.2 Å². The number of nitrogens with zero attached hydrogens (tertiary/aromatic N) is 1. The lowest BCUT2D eigenvalue weighted by Crippen LogP contribution is -2.23. The molecule has 0 aliphatic carbocycles. The molecule has 0 amide bonds. The minimum atomic E-state index is -0.473. The van der Waals surface area contributed by atoms with E-state index in [1.54, 1.807) is 6.92 Å². The molecule has 0 radical (unpaired) electrons. The van der Waals surface area contributed by atoms with E-state index >= 15 is 0 Å². The topological polar surface area (TPSA) is 90.7 Å². The quantitative estimate of drug-likeness (QED) is 0.448. The summed E-state index contributed by atoms with van der Waals surface area (Å²) in [5.74, 6) is -0.0413. The van der Waals surface area contributed by atoms with Gasteiger partial charge >= 0.3 is 5.97 Å². The van der Waals surface area contributed by atoms with Gasteiger partial charge in [-0.1, -0.05) is 13.8 Å². The molecular formula is C14H20N2O5. The number of nitrogens with one attached hydrogen (secondary N) is 1. The van der Waals surface area contributed by atoms with E-state index in [4.69, 9.17) is 9.47 Å². The van der Waals surface area contributed by atoms with Crippen molar-refractivity contribution >= 4 is 11.7 Å². The van der Waals surface area contributed by atoms with Crippen molar-refractivity contribution in [3.63, 3.8) is 0 Å². The summed E-state index contributed by atoms with van der Waals surface area (Å²) in [4.78, 5) is 21.7. The Kier molecular flexibility index (Phi) is 6.61. The van der Waals surface area contributed by atoms with Crippen molar-refractivity contribution in [1.29, 1.82) is 0 Å². The summed E-state index contributed by atoms with van der Waals surface area (Å²) in [5.41, 5.74) is 0.612. The molecule has 0 unspecified atom stereocenters. The first kappa shape index (κ1) is 16.9. The van der Waals surface area contributed by atoms with Crippen molar-refractivity contribution < 1.29 is 19.2 Å². The molecule has 0 aromatic heterocycles. The van der Waals surface area contributed by atoms with E-state index in [1.165, 1.54) is 18.2 Å². The number of nitro benzene ring substituents is 1. The zero-order chi connectivity index (χ0) is 15.8. The number of ether oxygens (including phenoxy) is 2. The van der Waals surface area contributed by atoms with Crippen molar-refractivity contribution in [3.05, 3.63) is 33.9 Å². The highest BCUT2D eigenvalue weighted by atomic mass is 16.6. The fraction of sp³-hybridized carbons (Fsp3) is 0.500. The van der Waals surface area contributed by atoms with Crippen molar-refractivity contribution in [2.45, 2.75) is 33.4 Å². The van der Waals surface area contributed by atoms with Crippen LogP contribution in [-0.4, -0.2) is 30.1 Å². The third-order valence-corrected chi connectivity index (χ3v) is 2.61. The Hall–Kier alpha value is -2.15. The van der Waals surface area contributed by atoms with Crippen LogP contribution in [0.1, 0.15) is 26.3 Å². The van der Waals surface area contributed by atoms with Crippen LogP contribution >= 0.6 is 0 Å². The van der Waals surface area contributed by atoms with Gasteiger partial charge in [0.25, 0.3) is 5.69 Å². The fourth-order valence-corrected chi connectivity index (χ4v) is 1.61. The van der Waals surface area contributed by atoms with Crippen LogP contribution in [0.3, 0.4) is 0 Å². The standard InChI is InChI=1S/C14H20N2O5/c1-4-20-14(17)9-21-13-6-5-12(16(18)19)7-11(13)8-15-10(2)3/h5-7,10,15H,4,8-9H2,1-3H3. The number of hydrogen-bond donors (Lipinski definition) is 1. The number of rotatable bonds is 8. The third kappa shape index (κ3) is 5.78. The second-order valence-corrected chi connectivity index (χ2v) is 4.68. The molecule has 0 bridgehead atoms. The first-order chi connectivity index (χ1) is 9.93. The van der Waals surface area contributed by atoms with Crippen LogP contribution in [0.5, 0.6) is 5.75 Å². The second-order valence-electron chi connectivity index (χ2n) is 4.68. The molecule has 1 rings (SSSR count). The summed E-state index contributed by atoms with van der Waals surface area (Å²) in [5, 5.41) is 14.0. The van der Waals surface area contributed by atoms with E-state index in [9.17, 15) is 14.9 Å². The first-order valence-corrected chi connectivity index (χ1v) is 6.73. The summed E-state index contributed by atoms with van der Waals surface area (Å²) in [6.07, 6.45) is 0. The average Bonchev–Trinajstić information content (AvgIpc) is 2.43. The molecule has 21 heavy (non-hydrogen) atoms. The van der Waals surface area contributed by atoms with Crippen LogP contribution in [-0.2, 0) is 16.1 Å². The Morgan fingerprint density at radius 2 is 2.14 bits per heavy atom. The first-order valence-electron chi connectivity index (χ1n) is 6.73.